The molecule has 1 fully saturated rings. The van der Waals surface area contributed by atoms with Gasteiger partial charge in [-0.3, -0.25) is 0 Å². The Bertz CT molecular complexity index is 512. The molecule has 0 aliphatic carbocycles. The largest absolute Gasteiger partial charge is 0.399 e. The van der Waals surface area contributed by atoms with Gasteiger partial charge in [0.1, 0.15) is 0 Å². The number of fused-ring (bicyclic) bond motifs is 1. The lowest BCUT2D eigenvalue weighted by molar-refractivity contribution is 0.0616. The summed E-state index contributed by atoms with van der Waals surface area (Å²) in [7, 11) is 0. The molecule has 1 aromatic carbocycles. The highest BCUT2D eigenvalue weighted by Crippen LogP contribution is 2.22. The van der Waals surface area contributed by atoms with Gasteiger partial charge in [0.2, 0.25) is 0 Å². The van der Waals surface area contributed by atoms with E-state index in [0.29, 0.717) is 0 Å². The Morgan fingerprint density at radius 1 is 1.35 bits per heavy atom. The number of ether oxygens (including phenoxy) is 1. The third-order valence-electron chi connectivity index (χ3n) is 3.50. The van der Waals surface area contributed by atoms with Crippen LogP contribution >= 0.6 is 0 Å². The van der Waals surface area contributed by atoms with Crippen molar-refractivity contribution in [2.24, 2.45) is 5.92 Å². The van der Waals surface area contributed by atoms with E-state index in [1.165, 1.54) is 5.52 Å². The minimum atomic E-state index is 0.727. The van der Waals surface area contributed by atoms with Crippen LogP contribution in [0.5, 0.6) is 0 Å². The number of aromatic nitrogens is 1. The normalized spacial score (nSPS) is 17.6. The van der Waals surface area contributed by atoms with E-state index in [1.54, 1.807) is 0 Å². The second-order valence-corrected chi connectivity index (χ2v) is 4.76. The minimum Gasteiger partial charge on any atom is -0.399 e. The van der Waals surface area contributed by atoms with Gasteiger partial charge < -0.3 is 15.0 Å². The molecule has 0 unspecified atom stereocenters. The van der Waals surface area contributed by atoms with Crippen LogP contribution in [0.4, 0.5) is 5.69 Å². The zero-order valence-electron chi connectivity index (χ0n) is 9.86. The summed E-state index contributed by atoms with van der Waals surface area (Å²) in [5.41, 5.74) is 7.80. The third kappa shape index (κ3) is 2.15. The van der Waals surface area contributed by atoms with E-state index in [-0.39, 0.29) is 0 Å². The second kappa shape index (κ2) is 4.41. The van der Waals surface area contributed by atoms with Gasteiger partial charge in [0.15, 0.2) is 0 Å². The molecule has 3 rings (SSSR count). The maximum Gasteiger partial charge on any atom is 0.0488 e. The summed E-state index contributed by atoms with van der Waals surface area (Å²) in [6.45, 7) is 2.87. The fourth-order valence-corrected chi connectivity index (χ4v) is 2.49. The summed E-state index contributed by atoms with van der Waals surface area (Å²) in [5.74, 6) is 0.727. The molecule has 3 heteroatoms. The Kier molecular flexibility index (Phi) is 2.77. The average molecular weight is 229 g/mol. The molecule has 0 atom stereocenters. The van der Waals surface area contributed by atoms with E-state index in [0.717, 1.165) is 49.6 Å². The Morgan fingerprint density at radius 3 is 3.00 bits per heavy atom. The van der Waals surface area contributed by atoms with Crippen molar-refractivity contribution in [1.29, 1.82) is 0 Å². The Balaban J connectivity index is 1.84. The Hall–Kier alpha value is -1.48. The number of hydrogen-bond acceptors (Lipinski definition) is 2. The molecule has 89 valence electrons. The lowest BCUT2D eigenvalue weighted by Gasteiger charge is -2.22. The van der Waals surface area contributed by atoms with Crippen molar-refractivity contribution in [3.05, 3.63) is 30.5 Å². The number of rotatable bonds is 2. The first-order valence-electron chi connectivity index (χ1n) is 6.17. The molecule has 1 aliphatic rings. The van der Waals surface area contributed by atoms with Gasteiger partial charge in [-0.05, 0) is 37.0 Å². The Morgan fingerprint density at radius 2 is 2.18 bits per heavy atom. The van der Waals surface area contributed by atoms with Crippen LogP contribution in [0.25, 0.3) is 10.9 Å². The van der Waals surface area contributed by atoms with Crippen LogP contribution in [0.1, 0.15) is 12.8 Å². The predicted octanol–water partition coefficient (Wildman–Crippen LogP) is 2.45. The number of nitrogens with zero attached hydrogens (tertiary/aromatic N) is 1. The number of nitrogen functional groups attached to an aromatic ring is 1. The molecule has 1 saturated heterocycles. The molecule has 1 aliphatic heterocycles. The van der Waals surface area contributed by atoms with Crippen LogP contribution in [0, 0.1) is 12.0 Å². The monoisotopic (exact) mass is 229 g/mol. The average Bonchev–Trinajstić information content (AvgIpc) is 2.73. The van der Waals surface area contributed by atoms with E-state index in [2.05, 4.69) is 16.7 Å². The van der Waals surface area contributed by atoms with Gasteiger partial charge in [0.25, 0.3) is 0 Å². The molecule has 1 aromatic heterocycles. The lowest BCUT2D eigenvalue weighted by Crippen LogP contribution is -2.19. The maximum atomic E-state index is 5.77. The molecule has 2 N–H and O–H groups in total. The highest BCUT2D eigenvalue weighted by Gasteiger charge is 2.15. The molecular weight excluding hydrogens is 212 g/mol. The third-order valence-corrected chi connectivity index (χ3v) is 3.50. The first kappa shape index (κ1) is 10.7. The highest BCUT2D eigenvalue weighted by molar-refractivity contribution is 5.82. The van der Waals surface area contributed by atoms with Gasteiger partial charge in [-0.2, -0.15) is 0 Å². The van der Waals surface area contributed by atoms with E-state index < -0.39 is 0 Å². The first-order chi connectivity index (χ1) is 8.33. The molecule has 2 aromatic rings. The van der Waals surface area contributed by atoms with Crippen LogP contribution < -0.4 is 5.73 Å². The molecule has 0 spiro atoms. The number of nitrogens with two attached hydrogens (primary N) is 1. The van der Waals surface area contributed by atoms with E-state index >= 15 is 0 Å². The van der Waals surface area contributed by atoms with E-state index in [1.807, 2.05) is 18.3 Å². The first-order valence-corrected chi connectivity index (χ1v) is 6.17. The molecule has 0 bridgehead atoms. The van der Waals surface area contributed by atoms with Crippen LogP contribution in [0.3, 0.4) is 0 Å². The molecule has 2 heterocycles. The van der Waals surface area contributed by atoms with E-state index in [4.69, 9.17) is 10.5 Å². The van der Waals surface area contributed by atoms with Gasteiger partial charge in [0.05, 0.1) is 0 Å². The van der Waals surface area contributed by atoms with Crippen LogP contribution in [0.15, 0.2) is 24.4 Å². The zero-order valence-corrected chi connectivity index (χ0v) is 9.86. The Labute approximate surface area is 101 Å². The fraction of sp³-hybridized carbons (Fsp3) is 0.429. The molecular formula is C14H17N2O. The van der Waals surface area contributed by atoms with Crippen molar-refractivity contribution in [3.63, 3.8) is 0 Å². The summed E-state index contributed by atoms with van der Waals surface area (Å²) in [6, 6.07) is 9.29. The standard InChI is InChI=1S/C14H17N2O/c15-13-1-2-14-12(9-13)3-6-16(14)10-11-4-7-17-8-5-11/h1-2,6,9,11H,4-5,7-8,10,15H2. The van der Waals surface area contributed by atoms with Gasteiger partial charge in [0, 0.05) is 48.6 Å². The molecule has 17 heavy (non-hydrogen) atoms. The van der Waals surface area contributed by atoms with Gasteiger partial charge in [-0.25, -0.2) is 0 Å². The van der Waals surface area contributed by atoms with Crippen LogP contribution in [-0.2, 0) is 11.3 Å². The highest BCUT2D eigenvalue weighted by atomic mass is 16.5. The molecule has 3 nitrogen and oxygen atoms in total. The van der Waals surface area contributed by atoms with Crippen LogP contribution in [-0.4, -0.2) is 17.8 Å². The minimum absolute atomic E-state index is 0.727. The number of anilines is 1. The summed E-state index contributed by atoms with van der Waals surface area (Å²) >= 11 is 0. The lowest BCUT2D eigenvalue weighted by atomic mass is 10.0. The molecule has 1 radical (unpaired) electrons. The van der Waals surface area contributed by atoms with Crippen molar-refractivity contribution >= 4 is 16.6 Å². The van der Waals surface area contributed by atoms with Gasteiger partial charge in [-0.1, -0.05) is 0 Å². The fourth-order valence-electron chi connectivity index (χ4n) is 2.49. The number of benzene rings is 1. The zero-order chi connectivity index (χ0) is 11.7. The maximum absolute atomic E-state index is 5.77. The topological polar surface area (TPSA) is 40.2 Å². The van der Waals surface area contributed by atoms with Crippen molar-refractivity contribution in [2.45, 2.75) is 19.4 Å². The second-order valence-electron chi connectivity index (χ2n) is 4.76. The summed E-state index contributed by atoms with van der Waals surface area (Å²) in [6.07, 6.45) is 4.36. The summed E-state index contributed by atoms with van der Waals surface area (Å²) < 4.78 is 7.67. The van der Waals surface area contributed by atoms with Crippen molar-refractivity contribution in [1.82, 2.24) is 4.57 Å². The molecule has 0 amide bonds. The van der Waals surface area contributed by atoms with E-state index in [9.17, 15) is 0 Å². The van der Waals surface area contributed by atoms with Crippen molar-refractivity contribution in [2.75, 3.05) is 18.9 Å². The van der Waals surface area contributed by atoms with Gasteiger partial charge in [-0.15, -0.1) is 0 Å². The van der Waals surface area contributed by atoms with Crippen molar-refractivity contribution < 1.29 is 4.74 Å². The van der Waals surface area contributed by atoms with Crippen molar-refractivity contribution in [3.8, 4) is 0 Å². The quantitative estimate of drug-likeness (QED) is 0.803. The summed E-state index contributed by atoms with van der Waals surface area (Å²) in [4.78, 5) is 0. The van der Waals surface area contributed by atoms with Crippen LogP contribution in [0.2, 0.25) is 0 Å². The summed E-state index contributed by atoms with van der Waals surface area (Å²) in [5, 5.41) is 1.11. The SMILES string of the molecule is Nc1ccc2c([c]cn2CC2CCOCC2)c1. The predicted molar refractivity (Wildman–Crippen MR) is 68.7 cm³/mol. The number of hydrogen-bond donors (Lipinski definition) is 1. The van der Waals surface area contributed by atoms with Gasteiger partial charge >= 0.3 is 0 Å². The molecule has 0 saturated carbocycles. The smallest absolute Gasteiger partial charge is 0.0488 e.